The van der Waals surface area contributed by atoms with Gasteiger partial charge in [0.05, 0.1) is 29.5 Å². The molecule has 0 radical (unpaired) electrons. The lowest BCUT2D eigenvalue weighted by molar-refractivity contribution is -0.143. The molecule has 8 nitrogen and oxygen atoms in total. The van der Waals surface area contributed by atoms with Gasteiger partial charge in [0.25, 0.3) is 5.91 Å². The number of alkyl halides is 2. The van der Waals surface area contributed by atoms with Crippen molar-refractivity contribution in [2.24, 2.45) is 7.05 Å². The molecule has 1 aliphatic heterocycles. The summed E-state index contributed by atoms with van der Waals surface area (Å²) >= 11 is 0. The van der Waals surface area contributed by atoms with Gasteiger partial charge in [0.15, 0.2) is 0 Å². The standard InChI is InChI=1S/C26H21F4N5O3/c1-26(29,30)25(38)32-20-11-23(37)34(24(20)18-6-3-15(27)10-19(18)28)16-4-7-21-14(9-16)12-31-35(21)17-5-8-22(36)33(2)13-17/h3-10,12-13,20,24H,11H2,1-2H3,(H,32,38)/t20-,24?/m0/s1. The highest BCUT2D eigenvalue weighted by molar-refractivity contribution is 6.00. The van der Waals surface area contributed by atoms with E-state index in [-0.39, 0.29) is 17.5 Å². The van der Waals surface area contributed by atoms with E-state index in [0.29, 0.717) is 35.3 Å². The topological polar surface area (TPSA) is 89.2 Å². The molecule has 1 fully saturated rings. The van der Waals surface area contributed by atoms with Crippen LogP contribution in [0.4, 0.5) is 23.2 Å². The Bertz CT molecular complexity index is 1640. The zero-order chi connectivity index (χ0) is 27.4. The van der Waals surface area contributed by atoms with Crippen LogP contribution in [0.3, 0.4) is 0 Å². The summed E-state index contributed by atoms with van der Waals surface area (Å²) in [6, 6.07) is 8.19. The van der Waals surface area contributed by atoms with Crippen molar-refractivity contribution in [1.82, 2.24) is 19.7 Å². The second-order valence-corrected chi connectivity index (χ2v) is 9.18. The molecule has 2 aromatic carbocycles. The Morgan fingerprint density at radius 3 is 2.47 bits per heavy atom. The fourth-order valence-corrected chi connectivity index (χ4v) is 4.64. The predicted octanol–water partition coefficient (Wildman–Crippen LogP) is 3.62. The van der Waals surface area contributed by atoms with Crippen molar-refractivity contribution in [3.63, 3.8) is 0 Å². The summed E-state index contributed by atoms with van der Waals surface area (Å²) in [5.41, 5.74) is 1.22. The summed E-state index contributed by atoms with van der Waals surface area (Å²) in [5.74, 6) is -7.72. The lowest BCUT2D eigenvalue weighted by atomic mass is 9.98. The molecule has 2 amide bonds. The van der Waals surface area contributed by atoms with E-state index < -0.39 is 41.5 Å². The number of fused-ring (bicyclic) bond motifs is 1. The summed E-state index contributed by atoms with van der Waals surface area (Å²) < 4.78 is 58.8. The van der Waals surface area contributed by atoms with Gasteiger partial charge in [-0.25, -0.2) is 13.5 Å². The number of hydrogen-bond acceptors (Lipinski definition) is 4. The molecule has 196 valence electrons. The Morgan fingerprint density at radius 2 is 1.79 bits per heavy atom. The summed E-state index contributed by atoms with van der Waals surface area (Å²) in [4.78, 5) is 38.2. The summed E-state index contributed by atoms with van der Waals surface area (Å²) in [5, 5.41) is 7.11. The van der Waals surface area contributed by atoms with Gasteiger partial charge in [0.2, 0.25) is 11.5 Å². The SMILES string of the molecule is Cn1cc(-n2ncc3cc(N4C(=O)C[C@H](NC(=O)C(C)(F)F)C4c4ccc(F)cc4F)ccc32)ccc1=O. The number of rotatable bonds is 5. The monoisotopic (exact) mass is 527 g/mol. The number of aromatic nitrogens is 3. The van der Waals surface area contributed by atoms with Crippen molar-refractivity contribution in [2.75, 3.05) is 4.90 Å². The number of aryl methyl sites for hydroxylation is 1. The average molecular weight is 527 g/mol. The fraction of sp³-hybridized carbons (Fsp3) is 0.231. The highest BCUT2D eigenvalue weighted by Gasteiger charge is 2.46. The predicted molar refractivity (Wildman–Crippen MR) is 130 cm³/mol. The van der Waals surface area contributed by atoms with E-state index in [9.17, 15) is 31.9 Å². The van der Waals surface area contributed by atoms with Gasteiger partial charge in [-0.3, -0.25) is 14.4 Å². The van der Waals surface area contributed by atoms with Crippen molar-refractivity contribution in [3.05, 3.63) is 88.5 Å². The molecule has 0 bridgehead atoms. The first kappa shape index (κ1) is 25.2. The maximum absolute atomic E-state index is 14.9. The minimum atomic E-state index is -3.73. The Labute approximate surface area is 213 Å². The molecular formula is C26H21F4N5O3. The molecule has 0 aliphatic carbocycles. The van der Waals surface area contributed by atoms with E-state index in [1.165, 1.54) is 21.7 Å². The molecule has 1 aliphatic rings. The number of nitrogens with one attached hydrogen (secondary N) is 1. The molecule has 0 saturated carbocycles. The van der Waals surface area contributed by atoms with Gasteiger partial charge < -0.3 is 14.8 Å². The van der Waals surface area contributed by atoms with Crippen LogP contribution < -0.4 is 15.8 Å². The van der Waals surface area contributed by atoms with Crippen LogP contribution in [0.15, 0.2) is 65.7 Å². The Kier molecular flexibility index (Phi) is 6.04. The van der Waals surface area contributed by atoms with Crippen LogP contribution in [-0.4, -0.2) is 38.1 Å². The molecule has 1 N–H and O–H groups in total. The van der Waals surface area contributed by atoms with Crippen LogP contribution in [0.5, 0.6) is 0 Å². The lowest BCUT2D eigenvalue weighted by Gasteiger charge is -2.30. The van der Waals surface area contributed by atoms with E-state index in [1.807, 2.05) is 0 Å². The second kappa shape index (κ2) is 9.12. The van der Waals surface area contributed by atoms with Gasteiger partial charge in [-0.1, -0.05) is 6.07 Å². The number of halogens is 4. The van der Waals surface area contributed by atoms with Crippen molar-refractivity contribution in [2.45, 2.75) is 31.4 Å². The minimum absolute atomic E-state index is 0.136. The van der Waals surface area contributed by atoms with Crippen molar-refractivity contribution in [1.29, 1.82) is 0 Å². The highest BCUT2D eigenvalue weighted by Crippen LogP contribution is 2.40. The number of nitrogens with zero attached hydrogens (tertiary/aromatic N) is 4. The van der Waals surface area contributed by atoms with Gasteiger partial charge >= 0.3 is 5.92 Å². The quantitative estimate of drug-likeness (QED) is 0.402. The number of carbonyl (C=O) groups excluding carboxylic acids is 2. The third-order valence-electron chi connectivity index (χ3n) is 6.46. The largest absolute Gasteiger partial charge is 0.345 e. The second-order valence-electron chi connectivity index (χ2n) is 9.18. The number of benzene rings is 2. The van der Waals surface area contributed by atoms with E-state index in [2.05, 4.69) is 10.4 Å². The zero-order valence-electron chi connectivity index (χ0n) is 20.2. The molecule has 38 heavy (non-hydrogen) atoms. The van der Waals surface area contributed by atoms with E-state index in [1.54, 1.807) is 42.2 Å². The lowest BCUT2D eigenvalue weighted by Crippen LogP contribution is -2.46. The van der Waals surface area contributed by atoms with Crippen LogP contribution >= 0.6 is 0 Å². The Balaban J connectivity index is 1.58. The molecule has 5 rings (SSSR count). The van der Waals surface area contributed by atoms with Gasteiger partial charge in [-0.2, -0.15) is 13.9 Å². The van der Waals surface area contributed by atoms with Crippen LogP contribution in [0.2, 0.25) is 0 Å². The Hall–Kier alpha value is -4.48. The average Bonchev–Trinajstić information content (AvgIpc) is 3.40. The van der Waals surface area contributed by atoms with E-state index in [4.69, 9.17) is 0 Å². The maximum Gasteiger partial charge on any atom is 0.321 e. The number of hydrogen-bond donors (Lipinski definition) is 1. The summed E-state index contributed by atoms with van der Waals surface area (Å²) in [7, 11) is 1.60. The van der Waals surface area contributed by atoms with Crippen LogP contribution in [0.1, 0.15) is 24.9 Å². The first-order valence-electron chi connectivity index (χ1n) is 11.5. The molecule has 12 heteroatoms. The molecule has 2 atom stereocenters. The first-order valence-corrected chi connectivity index (χ1v) is 11.5. The third kappa shape index (κ3) is 4.42. The first-order chi connectivity index (χ1) is 17.9. The van der Waals surface area contributed by atoms with Crippen LogP contribution in [-0.2, 0) is 16.6 Å². The number of pyridine rings is 1. The van der Waals surface area contributed by atoms with E-state index in [0.717, 1.165) is 12.1 Å². The molecule has 0 spiro atoms. The summed E-state index contributed by atoms with van der Waals surface area (Å²) in [6.45, 7) is 0.417. The van der Waals surface area contributed by atoms with Gasteiger partial charge in [-0.05, 0) is 30.3 Å². The van der Waals surface area contributed by atoms with Gasteiger partial charge in [-0.15, -0.1) is 0 Å². The minimum Gasteiger partial charge on any atom is -0.345 e. The van der Waals surface area contributed by atoms with E-state index >= 15 is 0 Å². The molecule has 1 unspecified atom stereocenters. The highest BCUT2D eigenvalue weighted by atomic mass is 19.3. The zero-order valence-corrected chi connectivity index (χ0v) is 20.2. The molecule has 4 aromatic rings. The molecule has 3 heterocycles. The molecule has 2 aromatic heterocycles. The fourth-order valence-electron chi connectivity index (χ4n) is 4.64. The van der Waals surface area contributed by atoms with Crippen molar-refractivity contribution >= 4 is 28.4 Å². The van der Waals surface area contributed by atoms with Crippen LogP contribution in [0, 0.1) is 11.6 Å². The number of carbonyl (C=O) groups is 2. The summed E-state index contributed by atoms with van der Waals surface area (Å²) in [6.07, 6.45) is 2.77. The number of amides is 2. The van der Waals surface area contributed by atoms with Crippen molar-refractivity contribution < 1.29 is 27.2 Å². The smallest absolute Gasteiger partial charge is 0.321 e. The normalized spacial score (nSPS) is 17.8. The van der Waals surface area contributed by atoms with Gasteiger partial charge in [0.1, 0.15) is 11.6 Å². The third-order valence-corrected chi connectivity index (χ3v) is 6.46. The molecule has 1 saturated heterocycles. The van der Waals surface area contributed by atoms with Gasteiger partial charge in [0, 0.05) is 55.4 Å². The maximum atomic E-state index is 14.9. The van der Waals surface area contributed by atoms with Crippen molar-refractivity contribution in [3.8, 4) is 5.69 Å². The molecular weight excluding hydrogens is 506 g/mol. The Morgan fingerprint density at radius 1 is 1.05 bits per heavy atom. The number of anilines is 1. The van der Waals surface area contributed by atoms with Crippen LogP contribution in [0.25, 0.3) is 16.6 Å².